The van der Waals surface area contributed by atoms with Gasteiger partial charge in [0.15, 0.2) is 0 Å². The Labute approximate surface area is 123 Å². The molecule has 0 aromatic carbocycles. The van der Waals surface area contributed by atoms with E-state index >= 15 is 0 Å². The minimum absolute atomic E-state index is 0.119. The van der Waals surface area contributed by atoms with Crippen LogP contribution in [0.25, 0.3) is 0 Å². The number of fused-ring (bicyclic) bond motifs is 2. The fourth-order valence-corrected chi connectivity index (χ4v) is 4.89. The molecule has 3 saturated carbocycles. The van der Waals surface area contributed by atoms with Crippen LogP contribution < -0.4 is 5.73 Å². The highest BCUT2D eigenvalue weighted by molar-refractivity contribution is 5.80. The molecule has 0 saturated heterocycles. The highest BCUT2D eigenvalue weighted by Crippen LogP contribution is 2.48. The van der Waals surface area contributed by atoms with Crippen LogP contribution in [0.5, 0.6) is 0 Å². The van der Waals surface area contributed by atoms with Crippen LogP contribution in [0.4, 0.5) is 0 Å². The van der Waals surface area contributed by atoms with E-state index in [1.54, 1.807) is 0 Å². The van der Waals surface area contributed by atoms with Gasteiger partial charge in [-0.2, -0.15) is 0 Å². The van der Waals surface area contributed by atoms with Gasteiger partial charge in [0.05, 0.1) is 5.92 Å². The summed E-state index contributed by atoms with van der Waals surface area (Å²) in [6.45, 7) is 4.69. The molecule has 20 heavy (non-hydrogen) atoms. The molecule has 4 atom stereocenters. The van der Waals surface area contributed by atoms with Gasteiger partial charge >= 0.3 is 0 Å². The summed E-state index contributed by atoms with van der Waals surface area (Å²) in [6, 6.07) is 0.575. The predicted molar refractivity (Wildman–Crippen MR) is 81.1 cm³/mol. The van der Waals surface area contributed by atoms with E-state index in [0.29, 0.717) is 29.2 Å². The lowest BCUT2D eigenvalue weighted by Crippen LogP contribution is -2.49. The molecule has 0 aliphatic heterocycles. The van der Waals surface area contributed by atoms with E-state index in [9.17, 15) is 4.79 Å². The molecule has 2 bridgehead atoms. The molecule has 4 unspecified atom stereocenters. The van der Waals surface area contributed by atoms with Crippen molar-refractivity contribution in [1.82, 2.24) is 4.90 Å². The molecule has 3 fully saturated rings. The number of amides is 1. The molecular weight excluding hydrogens is 248 g/mol. The first-order valence-corrected chi connectivity index (χ1v) is 8.41. The second-order valence-electron chi connectivity index (χ2n) is 8.28. The van der Waals surface area contributed by atoms with Crippen molar-refractivity contribution < 1.29 is 4.79 Å². The summed E-state index contributed by atoms with van der Waals surface area (Å²) >= 11 is 0. The van der Waals surface area contributed by atoms with E-state index in [-0.39, 0.29) is 12.0 Å². The lowest BCUT2D eigenvalue weighted by atomic mass is 9.75. The van der Waals surface area contributed by atoms with Crippen molar-refractivity contribution in [3.8, 4) is 0 Å². The Morgan fingerprint density at radius 3 is 2.25 bits per heavy atom. The molecule has 0 aromatic rings. The van der Waals surface area contributed by atoms with Crippen molar-refractivity contribution in [3.05, 3.63) is 0 Å². The van der Waals surface area contributed by atoms with Gasteiger partial charge < -0.3 is 10.6 Å². The van der Waals surface area contributed by atoms with Crippen LogP contribution in [-0.2, 0) is 4.79 Å². The zero-order valence-corrected chi connectivity index (χ0v) is 13.3. The maximum Gasteiger partial charge on any atom is 0.227 e. The molecule has 2 N–H and O–H groups in total. The lowest BCUT2D eigenvalue weighted by Gasteiger charge is -2.40. The number of nitrogens with two attached hydrogens (primary N) is 1. The Morgan fingerprint density at radius 1 is 1.10 bits per heavy atom. The first-order valence-electron chi connectivity index (χ1n) is 8.41. The van der Waals surface area contributed by atoms with Gasteiger partial charge in [0.25, 0.3) is 0 Å². The molecule has 0 heterocycles. The summed E-state index contributed by atoms with van der Waals surface area (Å²) in [7, 11) is 2.02. The Kier molecular flexibility index (Phi) is 3.60. The average Bonchev–Trinajstić information content (AvgIpc) is 2.98. The van der Waals surface area contributed by atoms with Crippen LogP contribution in [0.15, 0.2) is 0 Å². The summed E-state index contributed by atoms with van der Waals surface area (Å²) in [5, 5.41) is 0. The quantitative estimate of drug-likeness (QED) is 0.844. The summed E-state index contributed by atoms with van der Waals surface area (Å²) < 4.78 is 0. The zero-order chi connectivity index (χ0) is 14.5. The van der Waals surface area contributed by atoms with Crippen molar-refractivity contribution in [1.29, 1.82) is 0 Å². The van der Waals surface area contributed by atoms with Crippen LogP contribution in [0.2, 0.25) is 0 Å². The molecule has 3 rings (SSSR count). The number of nitrogens with zero attached hydrogens (tertiary/aromatic N) is 1. The van der Waals surface area contributed by atoms with Crippen LogP contribution in [0.3, 0.4) is 0 Å². The third-order valence-corrected chi connectivity index (χ3v) is 6.47. The second-order valence-corrected chi connectivity index (χ2v) is 8.28. The van der Waals surface area contributed by atoms with Crippen LogP contribution >= 0.6 is 0 Å². The van der Waals surface area contributed by atoms with Crippen LogP contribution in [-0.4, -0.2) is 29.9 Å². The Morgan fingerprint density at radius 2 is 1.70 bits per heavy atom. The molecule has 3 heteroatoms. The van der Waals surface area contributed by atoms with Crippen molar-refractivity contribution in [2.75, 3.05) is 7.05 Å². The van der Waals surface area contributed by atoms with E-state index in [1.807, 2.05) is 7.05 Å². The highest BCUT2D eigenvalue weighted by atomic mass is 16.2. The summed E-state index contributed by atoms with van der Waals surface area (Å²) in [5.74, 6) is 1.65. The number of hydrogen-bond acceptors (Lipinski definition) is 2. The molecule has 3 aliphatic rings. The number of rotatable bonds is 2. The van der Waals surface area contributed by atoms with Crippen LogP contribution in [0.1, 0.15) is 58.8 Å². The third-order valence-electron chi connectivity index (χ3n) is 6.47. The topological polar surface area (TPSA) is 46.3 Å². The standard InChI is InChI=1S/C17H30N2O/c1-17(2)8-6-13(7-9-17)19(3)16(20)14-11-4-5-12(10-11)15(14)18/h11-15H,4-10,18H2,1-3H3. The Bertz CT molecular complexity index is 380. The predicted octanol–water partition coefficient (Wildman–Crippen LogP) is 2.79. The SMILES string of the molecule is CN(C(=O)C1C2CCC(C2)C1N)C1CCC(C)(C)CC1. The van der Waals surface area contributed by atoms with Gasteiger partial charge in [-0.3, -0.25) is 4.79 Å². The van der Waals surface area contributed by atoms with Gasteiger partial charge in [0.2, 0.25) is 5.91 Å². The first kappa shape index (κ1) is 14.4. The van der Waals surface area contributed by atoms with Gasteiger partial charge in [0, 0.05) is 19.1 Å². The van der Waals surface area contributed by atoms with Crippen molar-refractivity contribution in [3.63, 3.8) is 0 Å². The normalized spacial score (nSPS) is 40.0. The van der Waals surface area contributed by atoms with Gasteiger partial charge in [-0.15, -0.1) is 0 Å². The Balaban J connectivity index is 1.63. The number of carbonyl (C=O) groups excluding carboxylic acids is 1. The van der Waals surface area contributed by atoms with Crippen molar-refractivity contribution in [2.24, 2.45) is 28.9 Å². The van der Waals surface area contributed by atoms with Crippen LogP contribution in [0, 0.1) is 23.2 Å². The first-order chi connectivity index (χ1) is 9.39. The fourth-order valence-electron chi connectivity index (χ4n) is 4.89. The molecule has 0 radical (unpaired) electrons. The fraction of sp³-hybridized carbons (Fsp3) is 0.941. The van der Waals surface area contributed by atoms with Gasteiger partial charge in [-0.25, -0.2) is 0 Å². The van der Waals surface area contributed by atoms with Gasteiger partial charge in [-0.05, 0) is 62.2 Å². The van der Waals surface area contributed by atoms with Crippen molar-refractivity contribution in [2.45, 2.75) is 70.9 Å². The molecule has 0 aromatic heterocycles. The van der Waals surface area contributed by atoms with E-state index < -0.39 is 0 Å². The monoisotopic (exact) mass is 278 g/mol. The number of hydrogen-bond donors (Lipinski definition) is 1. The lowest BCUT2D eigenvalue weighted by molar-refractivity contribution is -0.139. The molecular formula is C17H30N2O. The molecule has 3 aliphatic carbocycles. The second kappa shape index (κ2) is 5.01. The summed E-state index contributed by atoms with van der Waals surface area (Å²) in [6.07, 6.45) is 8.45. The Hall–Kier alpha value is -0.570. The molecule has 3 nitrogen and oxygen atoms in total. The van der Waals surface area contributed by atoms with E-state index in [4.69, 9.17) is 5.73 Å². The minimum Gasteiger partial charge on any atom is -0.342 e. The molecule has 1 amide bonds. The van der Waals surface area contributed by atoms with E-state index in [0.717, 1.165) is 12.8 Å². The zero-order valence-electron chi connectivity index (χ0n) is 13.3. The third kappa shape index (κ3) is 2.38. The maximum atomic E-state index is 12.9. The maximum absolute atomic E-state index is 12.9. The van der Waals surface area contributed by atoms with Gasteiger partial charge in [0.1, 0.15) is 0 Å². The largest absolute Gasteiger partial charge is 0.342 e. The van der Waals surface area contributed by atoms with Gasteiger partial charge in [-0.1, -0.05) is 13.8 Å². The summed E-state index contributed by atoms with van der Waals surface area (Å²) in [4.78, 5) is 14.9. The molecule has 114 valence electrons. The van der Waals surface area contributed by atoms with Crippen molar-refractivity contribution >= 4 is 5.91 Å². The minimum atomic E-state index is 0.119. The molecule has 0 spiro atoms. The smallest absolute Gasteiger partial charge is 0.227 e. The highest BCUT2D eigenvalue weighted by Gasteiger charge is 2.50. The summed E-state index contributed by atoms with van der Waals surface area (Å²) in [5.41, 5.74) is 6.79. The van der Waals surface area contributed by atoms with E-state index in [1.165, 1.54) is 32.1 Å². The average molecular weight is 278 g/mol. The van der Waals surface area contributed by atoms with E-state index in [2.05, 4.69) is 18.7 Å². The number of carbonyl (C=O) groups is 1.